The highest BCUT2D eigenvalue weighted by Crippen LogP contribution is 2.33. The molecule has 0 aliphatic rings. The molecular formula is C14H13N5O4S. The van der Waals surface area contributed by atoms with Crippen LogP contribution in [0.1, 0.15) is 28.0 Å². The van der Waals surface area contributed by atoms with E-state index in [-0.39, 0.29) is 12.4 Å². The second-order valence-electron chi connectivity index (χ2n) is 4.93. The van der Waals surface area contributed by atoms with E-state index in [4.69, 9.17) is 4.74 Å². The van der Waals surface area contributed by atoms with Gasteiger partial charge in [0.25, 0.3) is 0 Å². The van der Waals surface area contributed by atoms with Crippen LogP contribution in [0.5, 0.6) is 0 Å². The maximum Gasteiger partial charge on any atom is 0.390 e. The lowest BCUT2D eigenvalue weighted by Crippen LogP contribution is -2.05. The van der Waals surface area contributed by atoms with Gasteiger partial charge in [0.15, 0.2) is 5.82 Å². The molecule has 3 heterocycles. The summed E-state index contributed by atoms with van der Waals surface area (Å²) in [6.45, 7) is 5.49. The normalized spacial score (nSPS) is 11.0. The molecule has 9 nitrogen and oxygen atoms in total. The molecule has 0 aromatic carbocycles. The number of hydrogen-bond acceptors (Lipinski definition) is 8. The van der Waals surface area contributed by atoms with Crippen LogP contribution < -0.4 is 0 Å². The molecule has 0 spiro atoms. The Labute approximate surface area is 140 Å². The molecule has 0 aliphatic carbocycles. The summed E-state index contributed by atoms with van der Waals surface area (Å²) in [7, 11) is 0. The van der Waals surface area contributed by atoms with Crippen LogP contribution in [0, 0.1) is 24.0 Å². The summed E-state index contributed by atoms with van der Waals surface area (Å²) in [6, 6.07) is 1.29. The number of nitrogens with zero attached hydrogens (tertiary/aromatic N) is 5. The smallest absolute Gasteiger partial charge is 0.390 e. The molecule has 0 fully saturated rings. The van der Waals surface area contributed by atoms with Crippen molar-refractivity contribution < 1.29 is 14.5 Å². The topological polar surface area (TPSA) is 113 Å². The fraction of sp³-hybridized carbons (Fsp3) is 0.286. The Kier molecular flexibility index (Phi) is 3.97. The zero-order chi connectivity index (χ0) is 17.4. The van der Waals surface area contributed by atoms with Gasteiger partial charge in [-0.3, -0.25) is 0 Å². The number of aryl methyl sites for hydroxylation is 2. The Balaban J connectivity index is 2.23. The minimum absolute atomic E-state index is 0.273. The Hall–Kier alpha value is -2.88. The Morgan fingerprint density at radius 1 is 1.42 bits per heavy atom. The molecule has 0 saturated carbocycles. The molecule has 24 heavy (non-hydrogen) atoms. The molecule has 0 amide bonds. The van der Waals surface area contributed by atoms with Crippen molar-refractivity contribution in [2.75, 3.05) is 6.61 Å². The SMILES string of the molecule is CCOC(=O)c1sc2nc(C)nc(-n3ccc([N+](=O)[O-])n3)c2c1C. The van der Waals surface area contributed by atoms with Crippen LogP contribution in [0.2, 0.25) is 0 Å². The predicted molar refractivity (Wildman–Crippen MR) is 86.6 cm³/mol. The van der Waals surface area contributed by atoms with Crippen LogP contribution in [0.3, 0.4) is 0 Å². The average Bonchev–Trinajstić information content (AvgIpc) is 3.12. The second kappa shape index (κ2) is 5.96. The third-order valence-corrected chi connectivity index (χ3v) is 4.49. The van der Waals surface area contributed by atoms with Gasteiger partial charge in [0.05, 0.1) is 29.4 Å². The lowest BCUT2D eigenvalue weighted by molar-refractivity contribution is -0.389. The van der Waals surface area contributed by atoms with Crippen LogP contribution in [0.4, 0.5) is 5.82 Å². The summed E-state index contributed by atoms with van der Waals surface area (Å²) in [5.41, 5.74) is 0.668. The highest BCUT2D eigenvalue weighted by atomic mass is 32.1. The second-order valence-corrected chi connectivity index (χ2v) is 5.93. The van der Waals surface area contributed by atoms with Crippen LogP contribution in [0.15, 0.2) is 12.3 Å². The summed E-state index contributed by atoms with van der Waals surface area (Å²) >= 11 is 1.21. The van der Waals surface area contributed by atoms with Crippen molar-refractivity contribution in [3.63, 3.8) is 0 Å². The largest absolute Gasteiger partial charge is 0.462 e. The molecule has 0 bridgehead atoms. The Bertz CT molecular complexity index is 962. The summed E-state index contributed by atoms with van der Waals surface area (Å²) in [4.78, 5) is 32.1. The predicted octanol–water partition coefficient (Wildman–Crippen LogP) is 2.58. The molecule has 0 atom stereocenters. The number of nitro groups is 1. The number of aromatic nitrogens is 4. The highest BCUT2D eigenvalue weighted by molar-refractivity contribution is 7.20. The van der Waals surface area contributed by atoms with Crippen LogP contribution >= 0.6 is 11.3 Å². The van der Waals surface area contributed by atoms with Gasteiger partial charge < -0.3 is 14.9 Å². The molecule has 124 valence electrons. The number of carbonyl (C=O) groups is 1. The number of carbonyl (C=O) groups excluding carboxylic acids is 1. The van der Waals surface area contributed by atoms with Crippen molar-refractivity contribution >= 4 is 33.3 Å². The highest BCUT2D eigenvalue weighted by Gasteiger charge is 2.23. The summed E-state index contributed by atoms with van der Waals surface area (Å²) in [5, 5.41) is 15.4. The van der Waals surface area contributed by atoms with E-state index in [1.807, 2.05) is 0 Å². The van der Waals surface area contributed by atoms with Gasteiger partial charge in [-0.1, -0.05) is 0 Å². The molecule has 0 N–H and O–H groups in total. The number of hydrogen-bond donors (Lipinski definition) is 0. The van der Waals surface area contributed by atoms with Crippen molar-refractivity contribution in [2.45, 2.75) is 20.8 Å². The minimum Gasteiger partial charge on any atom is -0.462 e. The molecule has 0 radical (unpaired) electrons. The van der Waals surface area contributed by atoms with Crippen molar-refractivity contribution in [1.82, 2.24) is 19.7 Å². The summed E-state index contributed by atoms with van der Waals surface area (Å²) in [6.07, 6.45) is 1.46. The van der Waals surface area contributed by atoms with Gasteiger partial charge >= 0.3 is 11.8 Å². The third-order valence-electron chi connectivity index (χ3n) is 3.32. The van der Waals surface area contributed by atoms with E-state index in [9.17, 15) is 14.9 Å². The molecule has 3 rings (SSSR count). The zero-order valence-corrected chi connectivity index (χ0v) is 14.0. The number of esters is 1. The van der Waals surface area contributed by atoms with Crippen molar-refractivity contribution in [2.24, 2.45) is 0 Å². The van der Waals surface area contributed by atoms with Gasteiger partial charge in [-0.05, 0) is 31.3 Å². The average molecular weight is 347 g/mol. The zero-order valence-electron chi connectivity index (χ0n) is 13.1. The van der Waals surface area contributed by atoms with E-state index in [0.717, 1.165) is 0 Å². The van der Waals surface area contributed by atoms with E-state index in [1.54, 1.807) is 20.8 Å². The Morgan fingerprint density at radius 3 is 2.79 bits per heavy atom. The van der Waals surface area contributed by atoms with E-state index in [2.05, 4.69) is 15.1 Å². The molecule has 3 aromatic heterocycles. The first-order valence-corrected chi connectivity index (χ1v) is 7.89. The van der Waals surface area contributed by atoms with Gasteiger partial charge in [0.1, 0.15) is 15.5 Å². The van der Waals surface area contributed by atoms with Gasteiger partial charge in [-0.2, -0.15) is 0 Å². The standard InChI is InChI=1S/C14H13N5O4S/c1-4-23-14(20)11-7(2)10-12(15-8(3)16-13(10)24-11)18-6-5-9(17-18)19(21)22/h5-6H,4H2,1-3H3. The van der Waals surface area contributed by atoms with Crippen molar-refractivity contribution in [3.05, 3.63) is 38.6 Å². The van der Waals surface area contributed by atoms with Gasteiger partial charge in [-0.15, -0.1) is 16.0 Å². The van der Waals surface area contributed by atoms with Crippen molar-refractivity contribution in [3.8, 4) is 5.82 Å². The lowest BCUT2D eigenvalue weighted by Gasteiger charge is -2.02. The molecule has 0 unspecified atom stereocenters. The number of ether oxygens (including phenoxy) is 1. The molecule has 3 aromatic rings. The first kappa shape index (κ1) is 16.0. The fourth-order valence-corrected chi connectivity index (χ4v) is 3.42. The van der Waals surface area contributed by atoms with E-state index >= 15 is 0 Å². The van der Waals surface area contributed by atoms with E-state index < -0.39 is 10.9 Å². The van der Waals surface area contributed by atoms with E-state index in [0.29, 0.717) is 32.3 Å². The van der Waals surface area contributed by atoms with Crippen LogP contribution in [-0.4, -0.2) is 37.2 Å². The monoisotopic (exact) mass is 347 g/mol. The third kappa shape index (κ3) is 2.60. The Morgan fingerprint density at radius 2 is 2.17 bits per heavy atom. The summed E-state index contributed by atoms with van der Waals surface area (Å²) in [5.74, 6) is 0.174. The summed E-state index contributed by atoms with van der Waals surface area (Å²) < 4.78 is 6.38. The quantitative estimate of drug-likeness (QED) is 0.405. The minimum atomic E-state index is -0.577. The van der Waals surface area contributed by atoms with Gasteiger partial charge in [-0.25, -0.2) is 14.8 Å². The molecule has 10 heteroatoms. The number of thiophene rings is 1. The van der Waals surface area contributed by atoms with Crippen molar-refractivity contribution in [1.29, 1.82) is 0 Å². The van der Waals surface area contributed by atoms with E-state index in [1.165, 1.54) is 28.3 Å². The maximum atomic E-state index is 12.1. The van der Waals surface area contributed by atoms with Crippen LogP contribution in [-0.2, 0) is 4.74 Å². The number of rotatable bonds is 4. The first-order valence-electron chi connectivity index (χ1n) is 7.07. The fourth-order valence-electron chi connectivity index (χ4n) is 2.31. The number of fused-ring (bicyclic) bond motifs is 1. The first-order chi connectivity index (χ1) is 11.4. The van der Waals surface area contributed by atoms with Gasteiger partial charge in [0.2, 0.25) is 0 Å². The van der Waals surface area contributed by atoms with Crippen LogP contribution in [0.25, 0.3) is 16.0 Å². The molecule has 0 saturated heterocycles. The molecule has 0 aliphatic heterocycles. The lowest BCUT2D eigenvalue weighted by atomic mass is 10.2. The maximum absolute atomic E-state index is 12.1. The molecular weight excluding hydrogens is 334 g/mol. The van der Waals surface area contributed by atoms with Gasteiger partial charge in [0, 0.05) is 0 Å².